The summed E-state index contributed by atoms with van der Waals surface area (Å²) >= 11 is 12.2. The van der Waals surface area contributed by atoms with Gasteiger partial charge in [0.15, 0.2) is 0 Å². The Hall–Kier alpha value is -3.09. The van der Waals surface area contributed by atoms with Crippen molar-refractivity contribution in [2.45, 2.75) is 45.8 Å². The van der Waals surface area contributed by atoms with Gasteiger partial charge in [-0.3, -0.25) is 19.3 Å². The molecule has 8 heteroatoms. The fourth-order valence-corrected chi connectivity index (χ4v) is 4.57. The van der Waals surface area contributed by atoms with Crippen molar-refractivity contribution in [1.82, 2.24) is 10.2 Å². The molecule has 1 atom stereocenters. The molecule has 35 heavy (non-hydrogen) atoms. The molecule has 0 aliphatic carbocycles. The van der Waals surface area contributed by atoms with Crippen LogP contribution < -0.4 is 10.2 Å². The first-order valence-corrected chi connectivity index (χ1v) is 12.1. The van der Waals surface area contributed by atoms with Crippen LogP contribution >= 0.6 is 23.2 Å². The number of carbonyl (C=O) groups is 3. The van der Waals surface area contributed by atoms with Gasteiger partial charge in [0, 0.05) is 23.0 Å². The lowest BCUT2D eigenvalue weighted by molar-refractivity contribution is -0.140. The molecule has 0 unspecified atom stereocenters. The Balaban J connectivity index is 1.64. The Morgan fingerprint density at radius 2 is 1.71 bits per heavy atom. The molecule has 1 heterocycles. The Morgan fingerprint density at radius 1 is 1.03 bits per heavy atom. The van der Waals surface area contributed by atoms with Crippen LogP contribution in [0.15, 0.2) is 54.6 Å². The van der Waals surface area contributed by atoms with Crippen molar-refractivity contribution in [2.75, 3.05) is 11.4 Å². The largest absolute Gasteiger partial charge is 0.350 e. The van der Waals surface area contributed by atoms with E-state index < -0.39 is 11.6 Å². The minimum absolute atomic E-state index is 0.133. The smallest absolute Gasteiger partial charge is 0.259 e. The van der Waals surface area contributed by atoms with E-state index in [0.717, 1.165) is 16.3 Å². The molecule has 3 aromatic rings. The summed E-state index contributed by atoms with van der Waals surface area (Å²) in [5.41, 5.74) is 1.52. The van der Waals surface area contributed by atoms with Crippen molar-refractivity contribution < 1.29 is 14.4 Å². The van der Waals surface area contributed by atoms with Gasteiger partial charge in [0.25, 0.3) is 5.91 Å². The van der Waals surface area contributed by atoms with Gasteiger partial charge in [0.1, 0.15) is 12.6 Å². The van der Waals surface area contributed by atoms with Crippen molar-refractivity contribution >= 4 is 57.4 Å². The fourth-order valence-electron chi connectivity index (χ4n) is 4.25. The molecular weight excluding hydrogens is 485 g/mol. The Bertz CT molecular complexity index is 1330. The van der Waals surface area contributed by atoms with Crippen LogP contribution in [-0.4, -0.2) is 40.7 Å². The van der Waals surface area contributed by atoms with Crippen molar-refractivity contribution in [3.8, 4) is 0 Å². The summed E-state index contributed by atoms with van der Waals surface area (Å²) in [4.78, 5) is 42.9. The molecule has 1 aliphatic heterocycles. The van der Waals surface area contributed by atoms with E-state index in [0.29, 0.717) is 21.3 Å². The van der Waals surface area contributed by atoms with Gasteiger partial charge in [-0.1, -0.05) is 53.5 Å². The Kier molecular flexibility index (Phi) is 6.80. The number of carbonyl (C=O) groups excluding carboxylic acids is 3. The lowest BCUT2D eigenvalue weighted by atomic mass is 10.1. The van der Waals surface area contributed by atoms with Gasteiger partial charge in [-0.05, 0) is 62.9 Å². The number of benzene rings is 3. The molecule has 3 aromatic carbocycles. The van der Waals surface area contributed by atoms with E-state index in [1.807, 2.05) is 51.1 Å². The Labute approximate surface area is 214 Å². The lowest BCUT2D eigenvalue weighted by Crippen LogP contribution is -2.54. The second kappa shape index (κ2) is 9.51. The highest BCUT2D eigenvalue weighted by atomic mass is 35.5. The maximum atomic E-state index is 13.7. The van der Waals surface area contributed by atoms with Crippen LogP contribution in [0.25, 0.3) is 10.8 Å². The van der Waals surface area contributed by atoms with Gasteiger partial charge in [0.05, 0.1) is 15.7 Å². The lowest BCUT2D eigenvalue weighted by Gasteiger charge is -2.32. The summed E-state index contributed by atoms with van der Waals surface area (Å²) in [7, 11) is 0. The summed E-state index contributed by atoms with van der Waals surface area (Å²) in [6.07, 6.45) is 0. The number of amides is 3. The van der Waals surface area contributed by atoms with Crippen LogP contribution in [0.3, 0.4) is 0 Å². The zero-order valence-corrected chi connectivity index (χ0v) is 21.6. The average molecular weight is 512 g/mol. The van der Waals surface area contributed by atoms with Crippen LogP contribution in [-0.2, 0) is 16.1 Å². The van der Waals surface area contributed by atoms with E-state index in [9.17, 15) is 14.4 Å². The molecule has 0 bridgehead atoms. The van der Waals surface area contributed by atoms with Crippen LogP contribution in [0.4, 0.5) is 5.69 Å². The summed E-state index contributed by atoms with van der Waals surface area (Å²) in [6, 6.07) is 15.5. The van der Waals surface area contributed by atoms with Gasteiger partial charge >= 0.3 is 0 Å². The number of anilines is 1. The van der Waals surface area contributed by atoms with Crippen LogP contribution in [0.5, 0.6) is 0 Å². The molecule has 0 aromatic heterocycles. The monoisotopic (exact) mass is 511 g/mol. The third-order valence-corrected chi connectivity index (χ3v) is 6.68. The molecule has 3 amide bonds. The fraction of sp³-hybridized carbons (Fsp3) is 0.296. The maximum absolute atomic E-state index is 13.7. The first-order valence-electron chi connectivity index (χ1n) is 11.4. The molecule has 1 N–H and O–H groups in total. The minimum atomic E-state index is -0.785. The molecule has 6 nitrogen and oxygen atoms in total. The minimum Gasteiger partial charge on any atom is -0.350 e. The topological polar surface area (TPSA) is 69.7 Å². The van der Waals surface area contributed by atoms with Crippen molar-refractivity contribution in [1.29, 1.82) is 0 Å². The molecular formula is C27H27Cl2N3O3. The maximum Gasteiger partial charge on any atom is 0.259 e. The van der Waals surface area contributed by atoms with Crippen molar-refractivity contribution in [3.63, 3.8) is 0 Å². The summed E-state index contributed by atoms with van der Waals surface area (Å²) in [6.45, 7) is 7.25. The molecule has 0 saturated heterocycles. The predicted octanol–water partition coefficient (Wildman–Crippen LogP) is 5.44. The highest BCUT2D eigenvalue weighted by Gasteiger charge is 2.34. The van der Waals surface area contributed by atoms with Gasteiger partial charge in [0.2, 0.25) is 11.8 Å². The number of hydrogen-bond donors (Lipinski definition) is 1. The van der Waals surface area contributed by atoms with E-state index >= 15 is 0 Å². The zero-order chi connectivity index (χ0) is 25.5. The Morgan fingerprint density at radius 3 is 2.37 bits per heavy atom. The molecule has 0 fully saturated rings. The summed E-state index contributed by atoms with van der Waals surface area (Å²) in [5.74, 6) is -0.874. The summed E-state index contributed by atoms with van der Waals surface area (Å²) < 4.78 is 0. The standard InChI is InChI=1S/C27H27Cl2N3O3/c1-16(25(34)30-27(2,3)4)31(14-17-11-12-20(28)21(29)13-17)23(33)15-32-22-10-6-8-18-7-5-9-19(24(18)22)26(32)35/h5-13,16H,14-15H2,1-4H3,(H,30,34)/t16-/m0/s1. The highest BCUT2D eigenvalue weighted by Crippen LogP contribution is 2.37. The number of halogens is 2. The van der Waals surface area contributed by atoms with E-state index in [-0.39, 0.29) is 30.8 Å². The molecule has 0 spiro atoms. The van der Waals surface area contributed by atoms with Crippen LogP contribution in [0.1, 0.15) is 43.6 Å². The van der Waals surface area contributed by atoms with E-state index in [2.05, 4.69) is 5.32 Å². The second-order valence-corrected chi connectivity index (χ2v) is 10.6. The summed E-state index contributed by atoms with van der Waals surface area (Å²) in [5, 5.41) is 5.47. The number of rotatable bonds is 6. The van der Waals surface area contributed by atoms with E-state index in [1.54, 1.807) is 31.2 Å². The molecule has 0 saturated carbocycles. The SMILES string of the molecule is C[C@@H](C(=O)NC(C)(C)C)N(Cc1ccc(Cl)c(Cl)c1)C(=O)CN1C(=O)c2cccc3cccc1c23. The van der Waals surface area contributed by atoms with Crippen molar-refractivity contribution in [2.24, 2.45) is 0 Å². The van der Waals surface area contributed by atoms with Gasteiger partial charge < -0.3 is 10.2 Å². The third kappa shape index (κ3) is 5.14. The highest BCUT2D eigenvalue weighted by molar-refractivity contribution is 6.42. The average Bonchev–Trinajstić information content (AvgIpc) is 3.06. The molecule has 1 aliphatic rings. The van der Waals surface area contributed by atoms with Crippen LogP contribution in [0, 0.1) is 0 Å². The first kappa shape index (κ1) is 25.0. The van der Waals surface area contributed by atoms with E-state index in [1.165, 1.54) is 9.80 Å². The number of hydrogen-bond acceptors (Lipinski definition) is 3. The second-order valence-electron chi connectivity index (χ2n) is 9.76. The first-order chi connectivity index (χ1) is 16.5. The van der Waals surface area contributed by atoms with Crippen molar-refractivity contribution in [3.05, 3.63) is 75.8 Å². The normalized spacial score (nSPS) is 13.8. The zero-order valence-electron chi connectivity index (χ0n) is 20.1. The third-order valence-electron chi connectivity index (χ3n) is 5.94. The quantitative estimate of drug-likeness (QED) is 0.479. The molecule has 182 valence electrons. The van der Waals surface area contributed by atoms with Gasteiger partial charge in [-0.25, -0.2) is 0 Å². The molecule has 0 radical (unpaired) electrons. The van der Waals surface area contributed by atoms with Gasteiger partial charge in [-0.15, -0.1) is 0 Å². The van der Waals surface area contributed by atoms with Gasteiger partial charge in [-0.2, -0.15) is 0 Å². The van der Waals surface area contributed by atoms with Crippen LogP contribution in [0.2, 0.25) is 10.0 Å². The molecule has 4 rings (SSSR count). The number of nitrogens with zero attached hydrogens (tertiary/aromatic N) is 2. The van der Waals surface area contributed by atoms with E-state index in [4.69, 9.17) is 23.2 Å². The number of nitrogens with one attached hydrogen (secondary N) is 1. The predicted molar refractivity (Wildman–Crippen MR) is 140 cm³/mol.